The zero-order valence-corrected chi connectivity index (χ0v) is 17.0. The number of carboxylic acids is 5. The molecule has 0 fully saturated rings. The molecule has 0 radical (unpaired) electrons. The molecule has 0 rings (SSSR count). The summed E-state index contributed by atoms with van der Waals surface area (Å²) < 4.78 is 0. The van der Waals surface area contributed by atoms with Crippen molar-refractivity contribution in [3.8, 4) is 0 Å². The van der Waals surface area contributed by atoms with E-state index in [4.69, 9.17) is 49.5 Å². The summed E-state index contributed by atoms with van der Waals surface area (Å²) >= 11 is 0. The number of rotatable bonds is 0. The Morgan fingerprint density at radius 2 is 0.455 bits per heavy atom. The summed E-state index contributed by atoms with van der Waals surface area (Å²) in [5.74, 6) is -5.42. The van der Waals surface area contributed by atoms with Crippen LogP contribution in [0.5, 0.6) is 0 Å². The van der Waals surface area contributed by atoms with Crippen molar-refractivity contribution in [1.82, 2.24) is 0 Å². The van der Waals surface area contributed by atoms with E-state index in [1.54, 1.807) is 0 Å². The van der Waals surface area contributed by atoms with Crippen molar-refractivity contribution in [3.05, 3.63) is 0 Å². The molecule has 0 heterocycles. The monoisotopic (exact) mass is 386 g/mol. The molecule has 0 aliphatic carbocycles. The number of carbonyl (C=O) groups is 5. The molecule has 0 unspecified atom stereocenters. The van der Waals surface area contributed by atoms with E-state index >= 15 is 0 Å². The standard InChI is InChI=1S/5C2H4O2.Al.Zn/c5*1-2(3)4;;/h5*1H3,(H,3,4);;/q;;;;;+3;+2/p-5. The molecule has 12 heteroatoms. The molecule has 22 heavy (non-hydrogen) atoms. The van der Waals surface area contributed by atoms with E-state index < -0.39 is 29.8 Å². The molecule has 0 aliphatic heterocycles. The summed E-state index contributed by atoms with van der Waals surface area (Å²) in [5, 5.41) is 44.4. The molecular weight excluding hydrogens is 372 g/mol. The Hall–Kier alpha value is -1.49. The van der Waals surface area contributed by atoms with Gasteiger partial charge >= 0.3 is 36.8 Å². The van der Waals surface area contributed by atoms with Gasteiger partial charge in [-0.2, -0.15) is 0 Å². The van der Waals surface area contributed by atoms with Crippen molar-refractivity contribution >= 4 is 47.2 Å². The van der Waals surface area contributed by atoms with Gasteiger partial charge in [0.1, 0.15) is 0 Å². The maximum Gasteiger partial charge on any atom is 3.00 e. The van der Waals surface area contributed by atoms with Crippen LogP contribution in [0.25, 0.3) is 0 Å². The third kappa shape index (κ3) is 2540. The molecule has 0 saturated heterocycles. The van der Waals surface area contributed by atoms with Gasteiger partial charge in [0, 0.05) is 29.8 Å². The van der Waals surface area contributed by atoms with Crippen LogP contribution in [0.2, 0.25) is 0 Å². The fourth-order valence-corrected chi connectivity index (χ4v) is 0. The van der Waals surface area contributed by atoms with E-state index in [9.17, 15) is 0 Å². The van der Waals surface area contributed by atoms with Gasteiger partial charge < -0.3 is 49.5 Å². The van der Waals surface area contributed by atoms with Crippen molar-refractivity contribution in [2.24, 2.45) is 0 Å². The van der Waals surface area contributed by atoms with Crippen LogP contribution in [0.15, 0.2) is 0 Å². The van der Waals surface area contributed by atoms with Crippen molar-refractivity contribution < 1.29 is 69.0 Å². The average Bonchev–Trinajstić information content (AvgIpc) is 1.94. The second kappa shape index (κ2) is 36.6. The SMILES string of the molecule is CC(=O)[O-].CC(=O)[O-].CC(=O)[O-].CC(=O)[O-].CC(=O)[O-].[Al+3].[Zn+2]. The zero-order chi connectivity index (χ0) is 17.9. The summed E-state index contributed by atoms with van der Waals surface area (Å²) in [6, 6.07) is 0. The maximum absolute atomic E-state index is 8.89. The quantitative estimate of drug-likeness (QED) is 0.359. The van der Waals surface area contributed by atoms with E-state index in [2.05, 4.69) is 0 Å². The minimum Gasteiger partial charge on any atom is -0.550 e. The molecule has 0 aliphatic rings. The number of hydrogen-bond donors (Lipinski definition) is 0. The third-order valence-corrected chi connectivity index (χ3v) is 0. The molecule has 10 nitrogen and oxygen atoms in total. The Balaban J connectivity index is -0.0000000250. The van der Waals surface area contributed by atoms with Crippen LogP contribution in [-0.4, -0.2) is 47.2 Å². The molecule has 120 valence electrons. The maximum atomic E-state index is 8.89. The first-order valence-electron chi connectivity index (χ1n) is 4.54. The molecule has 0 bridgehead atoms. The van der Waals surface area contributed by atoms with Gasteiger partial charge in [-0.25, -0.2) is 0 Å². The van der Waals surface area contributed by atoms with Crippen LogP contribution in [-0.2, 0) is 43.5 Å². The molecule has 0 amide bonds. The van der Waals surface area contributed by atoms with Crippen molar-refractivity contribution in [2.75, 3.05) is 0 Å². The average molecular weight is 388 g/mol. The molecular formula is C10H15AlO10Zn. The molecule has 0 aromatic heterocycles. The van der Waals surface area contributed by atoms with Crippen molar-refractivity contribution in [2.45, 2.75) is 34.6 Å². The summed E-state index contributed by atoms with van der Waals surface area (Å²) in [5.41, 5.74) is 0. The summed E-state index contributed by atoms with van der Waals surface area (Å²) in [6.45, 7) is 4.86. The fourth-order valence-electron chi connectivity index (χ4n) is 0. The number of hydrogen-bond acceptors (Lipinski definition) is 10. The van der Waals surface area contributed by atoms with Gasteiger partial charge in [-0.3, -0.25) is 0 Å². The second-order valence-electron chi connectivity index (χ2n) is 2.46. The summed E-state index contributed by atoms with van der Waals surface area (Å²) in [4.78, 5) is 44.4. The predicted octanol–water partition coefficient (Wildman–Crippen LogP) is -6.60. The Labute approximate surface area is 151 Å². The van der Waals surface area contributed by atoms with Gasteiger partial charge in [0.05, 0.1) is 0 Å². The molecule has 0 aromatic rings. The number of carbonyl (C=O) groups excluding carboxylic acids is 5. The topological polar surface area (TPSA) is 201 Å². The van der Waals surface area contributed by atoms with Gasteiger partial charge in [0.25, 0.3) is 0 Å². The van der Waals surface area contributed by atoms with E-state index in [1.165, 1.54) is 0 Å². The van der Waals surface area contributed by atoms with Gasteiger partial charge in [-0.15, -0.1) is 0 Å². The Bertz CT molecular complexity index is 216. The Morgan fingerprint density at radius 3 is 0.455 bits per heavy atom. The summed E-state index contributed by atoms with van der Waals surface area (Å²) in [6.07, 6.45) is 0. The number of carboxylic acid groups (broad SMARTS) is 5. The van der Waals surface area contributed by atoms with Gasteiger partial charge in [0.2, 0.25) is 0 Å². The minimum atomic E-state index is -1.08. The van der Waals surface area contributed by atoms with Crippen LogP contribution in [0.1, 0.15) is 34.6 Å². The van der Waals surface area contributed by atoms with E-state index in [0.717, 1.165) is 34.6 Å². The zero-order valence-electron chi connectivity index (χ0n) is 12.9. The molecule has 0 saturated carbocycles. The number of aliphatic carboxylic acids is 5. The first kappa shape index (κ1) is 42.8. The third-order valence-electron chi connectivity index (χ3n) is 0. The molecule has 0 N–H and O–H groups in total. The van der Waals surface area contributed by atoms with E-state index in [0.29, 0.717) is 0 Å². The van der Waals surface area contributed by atoms with E-state index in [-0.39, 0.29) is 36.8 Å². The van der Waals surface area contributed by atoms with Crippen molar-refractivity contribution in [1.29, 1.82) is 0 Å². The van der Waals surface area contributed by atoms with Crippen molar-refractivity contribution in [3.63, 3.8) is 0 Å². The summed E-state index contributed by atoms with van der Waals surface area (Å²) in [7, 11) is 0. The first-order chi connectivity index (χ1) is 8.66. The fraction of sp³-hybridized carbons (Fsp3) is 0.500. The molecule has 0 spiro atoms. The Morgan fingerprint density at radius 1 is 0.455 bits per heavy atom. The van der Waals surface area contributed by atoms with Crippen LogP contribution in [0, 0.1) is 0 Å². The Kier molecular flexibility index (Phi) is 71.2. The van der Waals surface area contributed by atoms with Gasteiger partial charge in [-0.05, 0) is 34.6 Å². The first-order valence-corrected chi connectivity index (χ1v) is 4.54. The van der Waals surface area contributed by atoms with Crippen LogP contribution in [0.4, 0.5) is 0 Å². The van der Waals surface area contributed by atoms with Gasteiger partial charge in [-0.1, -0.05) is 0 Å². The van der Waals surface area contributed by atoms with Gasteiger partial charge in [0.15, 0.2) is 0 Å². The minimum absolute atomic E-state index is 0. The van der Waals surface area contributed by atoms with Crippen LogP contribution in [0.3, 0.4) is 0 Å². The van der Waals surface area contributed by atoms with Crippen LogP contribution >= 0.6 is 0 Å². The van der Waals surface area contributed by atoms with Crippen LogP contribution < -0.4 is 25.5 Å². The van der Waals surface area contributed by atoms with E-state index in [1.807, 2.05) is 0 Å². The largest absolute Gasteiger partial charge is 3.00 e. The molecule has 0 atom stereocenters. The second-order valence-corrected chi connectivity index (χ2v) is 2.46. The molecule has 0 aromatic carbocycles. The normalized spacial score (nSPS) is 5.68. The smallest absolute Gasteiger partial charge is 0.550 e. The predicted molar refractivity (Wildman–Crippen MR) is 59.2 cm³/mol.